The molecule has 0 spiro atoms. The van der Waals surface area contributed by atoms with Gasteiger partial charge in [-0.15, -0.1) is 11.8 Å². The van der Waals surface area contributed by atoms with Crippen LogP contribution in [0.1, 0.15) is 32.1 Å². The SMILES string of the molecule is O=C(C1CCCC1O)N1CCC(Sc2ccc(Cl)cc2)CC1. The smallest absolute Gasteiger partial charge is 0.228 e. The number of piperidine rings is 1. The first kappa shape index (κ1) is 16.2. The van der Waals surface area contributed by atoms with Crippen LogP contribution in [-0.4, -0.2) is 40.4 Å². The van der Waals surface area contributed by atoms with Crippen molar-refractivity contribution in [1.29, 1.82) is 0 Å². The number of nitrogens with zero attached hydrogens (tertiary/aromatic N) is 1. The minimum atomic E-state index is -0.423. The molecule has 0 aromatic heterocycles. The third-order valence-corrected chi connectivity index (χ3v) is 6.27. The summed E-state index contributed by atoms with van der Waals surface area (Å²) in [7, 11) is 0. The average molecular weight is 340 g/mol. The maximum atomic E-state index is 12.5. The van der Waals surface area contributed by atoms with Gasteiger partial charge in [0.1, 0.15) is 0 Å². The van der Waals surface area contributed by atoms with E-state index in [2.05, 4.69) is 12.1 Å². The maximum Gasteiger partial charge on any atom is 0.228 e. The van der Waals surface area contributed by atoms with Crippen LogP contribution >= 0.6 is 23.4 Å². The summed E-state index contributed by atoms with van der Waals surface area (Å²) in [6.45, 7) is 1.63. The first-order valence-electron chi connectivity index (χ1n) is 8.02. The normalized spacial score (nSPS) is 26.4. The van der Waals surface area contributed by atoms with Crippen molar-refractivity contribution >= 4 is 29.3 Å². The molecule has 0 radical (unpaired) electrons. The minimum absolute atomic E-state index is 0.152. The summed E-state index contributed by atoms with van der Waals surface area (Å²) in [6, 6.07) is 7.95. The maximum absolute atomic E-state index is 12.5. The molecule has 2 unspecified atom stereocenters. The summed E-state index contributed by atoms with van der Waals surface area (Å²) in [5.74, 6) is 0.0143. The van der Waals surface area contributed by atoms with E-state index in [-0.39, 0.29) is 11.8 Å². The van der Waals surface area contributed by atoms with Crippen LogP contribution in [0.4, 0.5) is 0 Å². The summed E-state index contributed by atoms with van der Waals surface area (Å²) in [5, 5.41) is 11.2. The number of thioether (sulfide) groups is 1. The van der Waals surface area contributed by atoms with E-state index in [4.69, 9.17) is 11.6 Å². The molecule has 1 saturated carbocycles. The van der Waals surface area contributed by atoms with Gasteiger partial charge in [-0.1, -0.05) is 11.6 Å². The molecule has 1 aliphatic carbocycles. The lowest BCUT2D eigenvalue weighted by molar-refractivity contribution is -0.139. The Balaban J connectivity index is 1.49. The molecule has 3 rings (SSSR count). The highest BCUT2D eigenvalue weighted by atomic mass is 35.5. The Kier molecular flexibility index (Phi) is 5.32. The van der Waals surface area contributed by atoms with Crippen molar-refractivity contribution in [3.05, 3.63) is 29.3 Å². The number of aliphatic hydroxyl groups excluding tert-OH is 1. The molecule has 1 aliphatic heterocycles. The Labute approximate surface area is 141 Å². The highest BCUT2D eigenvalue weighted by Gasteiger charge is 2.35. The number of likely N-dealkylation sites (tertiary alicyclic amines) is 1. The molecule has 1 saturated heterocycles. The third-order valence-electron chi connectivity index (χ3n) is 4.67. The van der Waals surface area contributed by atoms with Crippen LogP contribution in [0, 0.1) is 5.92 Å². The molecule has 0 bridgehead atoms. The van der Waals surface area contributed by atoms with Gasteiger partial charge in [0.15, 0.2) is 0 Å². The molecule has 2 fully saturated rings. The van der Waals surface area contributed by atoms with Gasteiger partial charge in [-0.25, -0.2) is 0 Å². The Morgan fingerprint density at radius 2 is 1.82 bits per heavy atom. The molecule has 22 heavy (non-hydrogen) atoms. The van der Waals surface area contributed by atoms with Crippen LogP contribution in [0.2, 0.25) is 5.02 Å². The van der Waals surface area contributed by atoms with Gasteiger partial charge in [-0.3, -0.25) is 4.79 Å². The van der Waals surface area contributed by atoms with Crippen LogP contribution in [-0.2, 0) is 4.79 Å². The number of amides is 1. The van der Waals surface area contributed by atoms with Crippen LogP contribution in [0.5, 0.6) is 0 Å². The van der Waals surface area contributed by atoms with E-state index in [1.165, 1.54) is 4.90 Å². The van der Waals surface area contributed by atoms with Crippen molar-refractivity contribution in [1.82, 2.24) is 4.90 Å². The predicted molar refractivity (Wildman–Crippen MR) is 90.3 cm³/mol. The molecule has 3 nitrogen and oxygen atoms in total. The van der Waals surface area contributed by atoms with Crippen LogP contribution in [0.3, 0.4) is 0 Å². The molecule has 1 aromatic rings. The van der Waals surface area contributed by atoms with E-state index < -0.39 is 6.10 Å². The second-order valence-electron chi connectivity index (χ2n) is 6.20. The standard InChI is InChI=1S/C17H22ClNO2S/c18-12-4-6-13(7-5-12)22-14-8-10-19(11-9-14)17(21)15-2-1-3-16(15)20/h4-7,14-16,20H,1-3,8-11H2. The van der Waals surface area contributed by atoms with Crippen LogP contribution in [0.15, 0.2) is 29.2 Å². The predicted octanol–water partition coefficient (Wildman–Crippen LogP) is 3.58. The van der Waals surface area contributed by atoms with Gasteiger partial charge >= 0.3 is 0 Å². The van der Waals surface area contributed by atoms with Crippen molar-refractivity contribution in [3.8, 4) is 0 Å². The lowest BCUT2D eigenvalue weighted by Gasteiger charge is -2.34. The molecular weight excluding hydrogens is 318 g/mol. The number of carbonyl (C=O) groups excluding carboxylic acids is 1. The highest BCUT2D eigenvalue weighted by Crippen LogP contribution is 2.33. The fourth-order valence-corrected chi connectivity index (χ4v) is 4.61. The minimum Gasteiger partial charge on any atom is -0.392 e. The summed E-state index contributed by atoms with van der Waals surface area (Å²) in [5.41, 5.74) is 0. The summed E-state index contributed by atoms with van der Waals surface area (Å²) in [4.78, 5) is 15.7. The second-order valence-corrected chi connectivity index (χ2v) is 8.01. The molecule has 1 N–H and O–H groups in total. The molecule has 2 atom stereocenters. The third kappa shape index (κ3) is 3.79. The van der Waals surface area contributed by atoms with Gasteiger partial charge in [0.05, 0.1) is 12.0 Å². The van der Waals surface area contributed by atoms with Gasteiger partial charge < -0.3 is 10.0 Å². The Morgan fingerprint density at radius 1 is 1.14 bits per heavy atom. The molecule has 5 heteroatoms. The van der Waals surface area contributed by atoms with Crippen molar-refractivity contribution in [2.24, 2.45) is 5.92 Å². The monoisotopic (exact) mass is 339 g/mol. The number of halogens is 1. The highest BCUT2D eigenvalue weighted by molar-refractivity contribution is 8.00. The van der Waals surface area contributed by atoms with E-state index in [1.807, 2.05) is 28.8 Å². The molecule has 1 amide bonds. The zero-order valence-corrected chi connectivity index (χ0v) is 14.2. The summed E-state index contributed by atoms with van der Waals surface area (Å²) < 4.78 is 0. The van der Waals surface area contributed by atoms with E-state index in [9.17, 15) is 9.90 Å². The lowest BCUT2D eigenvalue weighted by Crippen LogP contribution is -2.44. The molecule has 120 valence electrons. The number of benzene rings is 1. The lowest BCUT2D eigenvalue weighted by atomic mass is 10.0. The Hall–Kier alpha value is -0.710. The van der Waals surface area contributed by atoms with E-state index in [1.54, 1.807) is 0 Å². The van der Waals surface area contributed by atoms with Gasteiger partial charge in [-0.05, 0) is 56.4 Å². The first-order chi connectivity index (χ1) is 10.6. The van der Waals surface area contributed by atoms with Gasteiger partial charge in [0, 0.05) is 28.3 Å². The number of hydrogen-bond acceptors (Lipinski definition) is 3. The second kappa shape index (κ2) is 7.24. The van der Waals surface area contributed by atoms with Gasteiger partial charge in [0.25, 0.3) is 0 Å². The molecular formula is C17H22ClNO2S. The summed E-state index contributed by atoms with van der Waals surface area (Å²) >= 11 is 7.78. The van der Waals surface area contributed by atoms with E-state index >= 15 is 0 Å². The molecule has 1 aromatic carbocycles. The van der Waals surface area contributed by atoms with Gasteiger partial charge in [0.2, 0.25) is 5.91 Å². The topological polar surface area (TPSA) is 40.5 Å². The molecule has 2 aliphatic rings. The average Bonchev–Trinajstić information content (AvgIpc) is 2.96. The van der Waals surface area contributed by atoms with Gasteiger partial charge in [-0.2, -0.15) is 0 Å². The zero-order chi connectivity index (χ0) is 15.5. The van der Waals surface area contributed by atoms with Crippen LogP contribution in [0.25, 0.3) is 0 Å². The van der Waals surface area contributed by atoms with Crippen molar-refractivity contribution in [2.45, 2.75) is 48.4 Å². The fraction of sp³-hybridized carbons (Fsp3) is 0.588. The number of carbonyl (C=O) groups is 1. The fourth-order valence-electron chi connectivity index (χ4n) is 3.36. The Morgan fingerprint density at radius 3 is 2.41 bits per heavy atom. The quantitative estimate of drug-likeness (QED) is 0.915. The number of aliphatic hydroxyl groups is 1. The van der Waals surface area contributed by atoms with E-state index in [0.29, 0.717) is 5.25 Å². The summed E-state index contributed by atoms with van der Waals surface area (Å²) in [6.07, 6.45) is 4.21. The number of hydrogen-bond donors (Lipinski definition) is 1. The largest absolute Gasteiger partial charge is 0.392 e. The van der Waals surface area contributed by atoms with E-state index in [0.717, 1.165) is 50.2 Å². The zero-order valence-electron chi connectivity index (χ0n) is 12.6. The van der Waals surface area contributed by atoms with Crippen molar-refractivity contribution in [3.63, 3.8) is 0 Å². The Bertz CT molecular complexity index is 514. The van der Waals surface area contributed by atoms with Crippen molar-refractivity contribution in [2.75, 3.05) is 13.1 Å². The van der Waals surface area contributed by atoms with Crippen LogP contribution < -0.4 is 0 Å². The number of rotatable bonds is 3. The molecule has 1 heterocycles. The first-order valence-corrected chi connectivity index (χ1v) is 9.28. The van der Waals surface area contributed by atoms with Crippen molar-refractivity contribution < 1.29 is 9.90 Å².